The zero-order valence-corrected chi connectivity index (χ0v) is 15.4. The number of ether oxygens (including phenoxy) is 1. The fraction of sp³-hybridized carbons (Fsp3) is 0.300. The van der Waals surface area contributed by atoms with Crippen LogP contribution in [-0.2, 0) is 11.3 Å². The molecule has 0 unspecified atom stereocenters. The van der Waals surface area contributed by atoms with Gasteiger partial charge in [-0.3, -0.25) is 9.59 Å². The Morgan fingerprint density at radius 2 is 1.68 bits per heavy atom. The third-order valence-corrected chi connectivity index (χ3v) is 3.98. The van der Waals surface area contributed by atoms with Crippen molar-refractivity contribution in [3.8, 4) is 5.75 Å². The summed E-state index contributed by atoms with van der Waals surface area (Å²) in [4.78, 5) is 24.8. The number of nitrogens with one attached hydrogen (secondary N) is 2. The molecule has 0 saturated heterocycles. The monoisotopic (exact) mass is 394 g/mol. The molecule has 0 fully saturated rings. The molecule has 0 bridgehead atoms. The van der Waals surface area contributed by atoms with Crippen molar-refractivity contribution < 1.29 is 27.5 Å². The highest BCUT2D eigenvalue weighted by Gasteiger charge is 2.25. The Balaban J connectivity index is 2.03. The third-order valence-electron chi connectivity index (χ3n) is 3.98. The summed E-state index contributed by atoms with van der Waals surface area (Å²) < 4.78 is 42.4. The molecule has 2 aromatic rings. The van der Waals surface area contributed by atoms with E-state index in [1.807, 2.05) is 0 Å². The van der Waals surface area contributed by atoms with E-state index in [9.17, 15) is 22.8 Å². The second kappa shape index (κ2) is 9.77. The fourth-order valence-corrected chi connectivity index (χ4v) is 2.51. The van der Waals surface area contributed by atoms with E-state index in [-0.39, 0.29) is 23.8 Å². The predicted molar refractivity (Wildman–Crippen MR) is 97.4 cm³/mol. The largest absolute Gasteiger partial charge is 0.434 e. The molecule has 5 nitrogen and oxygen atoms in total. The van der Waals surface area contributed by atoms with E-state index in [1.54, 1.807) is 32.0 Å². The Labute approximate surface area is 160 Å². The van der Waals surface area contributed by atoms with Gasteiger partial charge in [-0.25, -0.2) is 4.39 Å². The second-order valence-corrected chi connectivity index (χ2v) is 6.41. The van der Waals surface area contributed by atoms with Crippen molar-refractivity contribution in [3.05, 3.63) is 65.5 Å². The maximum atomic E-state index is 13.0. The molecule has 0 aromatic heterocycles. The Morgan fingerprint density at radius 1 is 1.04 bits per heavy atom. The first kappa shape index (κ1) is 21.3. The minimum Gasteiger partial charge on any atom is -0.434 e. The van der Waals surface area contributed by atoms with Crippen LogP contribution in [0.25, 0.3) is 0 Å². The van der Waals surface area contributed by atoms with Gasteiger partial charge in [-0.2, -0.15) is 8.78 Å². The lowest BCUT2D eigenvalue weighted by Crippen LogP contribution is -2.49. The highest BCUT2D eigenvalue weighted by atomic mass is 19.3. The summed E-state index contributed by atoms with van der Waals surface area (Å²) in [7, 11) is 0. The lowest BCUT2D eigenvalue weighted by molar-refractivity contribution is -0.124. The third kappa shape index (κ3) is 6.00. The number of alkyl halides is 2. The molecule has 2 aromatic carbocycles. The second-order valence-electron chi connectivity index (χ2n) is 6.41. The molecule has 2 amide bonds. The zero-order chi connectivity index (χ0) is 20.7. The van der Waals surface area contributed by atoms with Gasteiger partial charge in [0.25, 0.3) is 5.91 Å². The van der Waals surface area contributed by atoms with Gasteiger partial charge in [-0.15, -0.1) is 0 Å². The van der Waals surface area contributed by atoms with E-state index >= 15 is 0 Å². The summed E-state index contributed by atoms with van der Waals surface area (Å²) in [5.41, 5.74) is 0.596. The van der Waals surface area contributed by atoms with Crippen LogP contribution in [0.2, 0.25) is 0 Å². The van der Waals surface area contributed by atoms with Crippen LogP contribution in [0.15, 0.2) is 48.5 Å². The summed E-state index contributed by atoms with van der Waals surface area (Å²) in [6.45, 7) is 0.485. The quantitative estimate of drug-likeness (QED) is 0.720. The van der Waals surface area contributed by atoms with Crippen LogP contribution in [-0.4, -0.2) is 24.5 Å². The van der Waals surface area contributed by atoms with E-state index in [0.717, 1.165) is 12.1 Å². The van der Waals surface area contributed by atoms with Gasteiger partial charge in [0, 0.05) is 17.7 Å². The molecule has 2 N–H and O–H groups in total. The van der Waals surface area contributed by atoms with Crippen molar-refractivity contribution in [1.82, 2.24) is 10.6 Å². The summed E-state index contributed by atoms with van der Waals surface area (Å²) in [6.07, 6.45) is 0. The maximum Gasteiger partial charge on any atom is 0.387 e. The smallest absolute Gasteiger partial charge is 0.387 e. The molecule has 0 radical (unpaired) electrons. The highest BCUT2D eigenvalue weighted by molar-refractivity contribution is 5.97. The minimum absolute atomic E-state index is 0.0331. The van der Waals surface area contributed by atoms with E-state index in [4.69, 9.17) is 0 Å². The van der Waals surface area contributed by atoms with Crippen molar-refractivity contribution in [3.63, 3.8) is 0 Å². The van der Waals surface area contributed by atoms with E-state index in [1.165, 1.54) is 18.2 Å². The lowest BCUT2D eigenvalue weighted by Gasteiger charge is -2.22. The number of halogens is 3. The Bertz CT molecular complexity index is 811. The molecule has 1 atom stereocenters. The highest BCUT2D eigenvalue weighted by Crippen LogP contribution is 2.20. The molecule has 0 saturated carbocycles. The maximum absolute atomic E-state index is 13.0. The Hall–Kier alpha value is -3.03. The van der Waals surface area contributed by atoms with Crippen molar-refractivity contribution in [2.45, 2.75) is 33.0 Å². The summed E-state index contributed by atoms with van der Waals surface area (Å²) in [6, 6.07) is 10.2. The fourth-order valence-electron chi connectivity index (χ4n) is 2.51. The summed E-state index contributed by atoms with van der Waals surface area (Å²) in [5.74, 6) is -1.74. The Kier molecular flexibility index (Phi) is 7.43. The van der Waals surface area contributed by atoms with Gasteiger partial charge < -0.3 is 15.4 Å². The van der Waals surface area contributed by atoms with Gasteiger partial charge in [-0.05, 0) is 36.2 Å². The molecule has 28 heavy (non-hydrogen) atoms. The Morgan fingerprint density at radius 3 is 2.29 bits per heavy atom. The molecule has 2 rings (SSSR count). The first-order valence-electron chi connectivity index (χ1n) is 8.64. The van der Waals surface area contributed by atoms with Crippen LogP contribution in [0.1, 0.15) is 29.8 Å². The van der Waals surface area contributed by atoms with Crippen LogP contribution >= 0.6 is 0 Å². The number of amides is 2. The number of carbonyl (C=O) groups is 2. The van der Waals surface area contributed by atoms with Crippen LogP contribution in [0.4, 0.5) is 13.2 Å². The molecular weight excluding hydrogens is 373 g/mol. The summed E-state index contributed by atoms with van der Waals surface area (Å²) >= 11 is 0. The normalized spacial score (nSPS) is 12.0. The van der Waals surface area contributed by atoms with E-state index < -0.39 is 30.3 Å². The minimum atomic E-state index is -2.98. The average Bonchev–Trinajstić information content (AvgIpc) is 2.64. The molecule has 0 aliphatic heterocycles. The number of hydrogen-bond donors (Lipinski definition) is 2. The van der Waals surface area contributed by atoms with Gasteiger partial charge in [-0.1, -0.05) is 32.0 Å². The number of hydrogen-bond acceptors (Lipinski definition) is 3. The number of carbonyl (C=O) groups excluding carboxylic acids is 2. The average molecular weight is 394 g/mol. The molecule has 0 aliphatic rings. The van der Waals surface area contributed by atoms with Gasteiger partial charge >= 0.3 is 6.61 Å². The van der Waals surface area contributed by atoms with Gasteiger partial charge in [0.2, 0.25) is 5.91 Å². The van der Waals surface area contributed by atoms with Gasteiger partial charge in [0.05, 0.1) is 0 Å². The molecule has 0 spiro atoms. The summed E-state index contributed by atoms with van der Waals surface area (Å²) in [5, 5.41) is 5.23. The van der Waals surface area contributed by atoms with E-state index in [0.29, 0.717) is 5.56 Å². The molecular formula is C20H21F3N2O3. The first-order valence-corrected chi connectivity index (χ1v) is 8.64. The standard InChI is InChI=1S/C20H21F3N2O3/c1-12(2)17(25-18(26)13-7-9-15(21)10-8-13)19(27)24-11-14-5-3-4-6-16(14)28-20(22)23/h3-10,12,17,20H,11H2,1-2H3,(H,24,27)(H,25,26)/t17-/m1/s1. The molecule has 150 valence electrons. The van der Waals surface area contributed by atoms with Crippen LogP contribution < -0.4 is 15.4 Å². The first-order chi connectivity index (χ1) is 13.3. The van der Waals surface area contributed by atoms with Crippen LogP contribution in [0.5, 0.6) is 5.75 Å². The lowest BCUT2D eigenvalue weighted by atomic mass is 10.0. The van der Waals surface area contributed by atoms with Crippen molar-refractivity contribution >= 4 is 11.8 Å². The van der Waals surface area contributed by atoms with Crippen molar-refractivity contribution in [2.24, 2.45) is 5.92 Å². The number of rotatable bonds is 8. The van der Waals surface area contributed by atoms with Crippen LogP contribution in [0, 0.1) is 11.7 Å². The van der Waals surface area contributed by atoms with Gasteiger partial charge in [0.15, 0.2) is 0 Å². The van der Waals surface area contributed by atoms with Crippen LogP contribution in [0.3, 0.4) is 0 Å². The SMILES string of the molecule is CC(C)[C@@H](NC(=O)c1ccc(F)cc1)C(=O)NCc1ccccc1OC(F)F. The molecule has 8 heteroatoms. The molecule has 0 aliphatic carbocycles. The molecule has 0 heterocycles. The van der Waals surface area contributed by atoms with Crippen molar-refractivity contribution in [1.29, 1.82) is 0 Å². The zero-order valence-electron chi connectivity index (χ0n) is 15.4. The topological polar surface area (TPSA) is 67.4 Å². The number of benzene rings is 2. The predicted octanol–water partition coefficient (Wildman–Crippen LogP) is 3.50. The van der Waals surface area contributed by atoms with E-state index in [2.05, 4.69) is 15.4 Å². The number of para-hydroxylation sites is 1. The van der Waals surface area contributed by atoms with Crippen molar-refractivity contribution in [2.75, 3.05) is 0 Å². The van der Waals surface area contributed by atoms with Gasteiger partial charge in [0.1, 0.15) is 17.6 Å².